The van der Waals surface area contributed by atoms with E-state index in [0.29, 0.717) is 17.1 Å². The van der Waals surface area contributed by atoms with Crippen LogP contribution in [0.25, 0.3) is 0 Å². The molecule has 1 unspecified atom stereocenters. The standard InChI is InChI=1S/C11H11N3O2/c1-16-10-4-2-3-9(14-10)11(15)8-5-12-7-13-6-8/h2-7,11,15H,1H3. The number of aliphatic hydroxyl groups excluding tert-OH is 1. The van der Waals surface area contributed by atoms with Gasteiger partial charge in [0.2, 0.25) is 5.88 Å². The second kappa shape index (κ2) is 4.67. The molecule has 1 N–H and O–H groups in total. The van der Waals surface area contributed by atoms with Crippen LogP contribution in [0.4, 0.5) is 0 Å². The van der Waals surface area contributed by atoms with Gasteiger partial charge in [0.1, 0.15) is 12.4 Å². The molecule has 16 heavy (non-hydrogen) atoms. The zero-order valence-corrected chi connectivity index (χ0v) is 8.74. The molecular weight excluding hydrogens is 206 g/mol. The summed E-state index contributed by atoms with van der Waals surface area (Å²) < 4.78 is 4.99. The second-order valence-electron chi connectivity index (χ2n) is 3.18. The Balaban J connectivity index is 2.30. The average Bonchev–Trinajstić information content (AvgIpc) is 2.39. The van der Waals surface area contributed by atoms with E-state index in [2.05, 4.69) is 15.0 Å². The molecule has 2 rings (SSSR count). The minimum atomic E-state index is -0.837. The Labute approximate surface area is 92.8 Å². The van der Waals surface area contributed by atoms with Crippen molar-refractivity contribution in [2.75, 3.05) is 7.11 Å². The zero-order chi connectivity index (χ0) is 11.4. The van der Waals surface area contributed by atoms with Gasteiger partial charge in [-0.25, -0.2) is 15.0 Å². The largest absolute Gasteiger partial charge is 0.481 e. The maximum atomic E-state index is 10.0. The molecule has 5 nitrogen and oxygen atoms in total. The third-order valence-corrected chi connectivity index (χ3v) is 2.13. The summed E-state index contributed by atoms with van der Waals surface area (Å²) in [6, 6.07) is 5.21. The van der Waals surface area contributed by atoms with E-state index in [1.54, 1.807) is 30.6 Å². The second-order valence-corrected chi connectivity index (χ2v) is 3.18. The van der Waals surface area contributed by atoms with Crippen molar-refractivity contribution in [3.63, 3.8) is 0 Å². The molecule has 2 aromatic heterocycles. The molecule has 0 radical (unpaired) electrons. The van der Waals surface area contributed by atoms with Gasteiger partial charge >= 0.3 is 0 Å². The van der Waals surface area contributed by atoms with Crippen molar-refractivity contribution in [2.45, 2.75) is 6.10 Å². The first-order valence-corrected chi connectivity index (χ1v) is 4.75. The molecule has 0 saturated carbocycles. The first-order chi connectivity index (χ1) is 7.81. The number of rotatable bonds is 3. The van der Waals surface area contributed by atoms with Crippen LogP contribution in [-0.2, 0) is 0 Å². The van der Waals surface area contributed by atoms with Crippen LogP contribution in [-0.4, -0.2) is 27.2 Å². The number of methoxy groups -OCH3 is 1. The van der Waals surface area contributed by atoms with Crippen molar-refractivity contribution < 1.29 is 9.84 Å². The van der Waals surface area contributed by atoms with E-state index in [-0.39, 0.29) is 0 Å². The van der Waals surface area contributed by atoms with Gasteiger partial charge in [0, 0.05) is 24.0 Å². The molecule has 2 aromatic rings. The van der Waals surface area contributed by atoms with E-state index in [4.69, 9.17) is 4.74 Å². The Kier molecular flexibility index (Phi) is 3.07. The van der Waals surface area contributed by atoms with Gasteiger partial charge in [-0.2, -0.15) is 0 Å². The first kappa shape index (κ1) is 10.5. The van der Waals surface area contributed by atoms with E-state index in [1.165, 1.54) is 13.4 Å². The summed E-state index contributed by atoms with van der Waals surface area (Å²) in [7, 11) is 1.53. The number of aliphatic hydroxyl groups is 1. The van der Waals surface area contributed by atoms with Gasteiger partial charge in [0.25, 0.3) is 0 Å². The molecule has 0 spiro atoms. The molecule has 0 saturated heterocycles. The van der Waals surface area contributed by atoms with Crippen molar-refractivity contribution >= 4 is 0 Å². The third-order valence-electron chi connectivity index (χ3n) is 2.13. The lowest BCUT2D eigenvalue weighted by atomic mass is 10.1. The molecule has 0 aliphatic carbocycles. The number of pyridine rings is 1. The lowest BCUT2D eigenvalue weighted by molar-refractivity contribution is 0.213. The minimum Gasteiger partial charge on any atom is -0.481 e. The van der Waals surface area contributed by atoms with Crippen LogP contribution in [0, 0.1) is 0 Å². The van der Waals surface area contributed by atoms with Gasteiger partial charge in [0.05, 0.1) is 12.8 Å². The fourth-order valence-electron chi connectivity index (χ4n) is 1.32. The predicted molar refractivity (Wildman–Crippen MR) is 56.9 cm³/mol. The highest BCUT2D eigenvalue weighted by Gasteiger charge is 2.12. The molecule has 0 bridgehead atoms. The lowest BCUT2D eigenvalue weighted by Gasteiger charge is -2.10. The molecule has 0 aromatic carbocycles. The van der Waals surface area contributed by atoms with E-state index in [0.717, 1.165) is 0 Å². The molecule has 0 aliphatic rings. The number of ether oxygens (including phenoxy) is 1. The van der Waals surface area contributed by atoms with Gasteiger partial charge < -0.3 is 9.84 Å². The SMILES string of the molecule is COc1cccc(C(O)c2cncnc2)n1. The Morgan fingerprint density at radius 2 is 2.00 bits per heavy atom. The van der Waals surface area contributed by atoms with Crippen LogP contribution in [0.15, 0.2) is 36.9 Å². The number of hydrogen-bond acceptors (Lipinski definition) is 5. The predicted octanol–water partition coefficient (Wildman–Crippen LogP) is 0.962. The van der Waals surface area contributed by atoms with Gasteiger partial charge in [-0.15, -0.1) is 0 Å². The highest BCUT2D eigenvalue weighted by Crippen LogP contribution is 2.20. The molecule has 0 fully saturated rings. The van der Waals surface area contributed by atoms with Crippen LogP contribution in [0.3, 0.4) is 0 Å². The Morgan fingerprint density at radius 3 is 2.69 bits per heavy atom. The molecule has 82 valence electrons. The quantitative estimate of drug-likeness (QED) is 0.829. The maximum absolute atomic E-state index is 10.0. The van der Waals surface area contributed by atoms with Crippen LogP contribution >= 0.6 is 0 Å². The van der Waals surface area contributed by atoms with Crippen LogP contribution in [0.1, 0.15) is 17.4 Å². The Morgan fingerprint density at radius 1 is 1.25 bits per heavy atom. The van der Waals surface area contributed by atoms with Gasteiger partial charge in [-0.1, -0.05) is 6.07 Å². The zero-order valence-electron chi connectivity index (χ0n) is 8.74. The van der Waals surface area contributed by atoms with Crippen LogP contribution < -0.4 is 4.74 Å². The number of hydrogen-bond donors (Lipinski definition) is 1. The molecule has 5 heteroatoms. The van der Waals surface area contributed by atoms with E-state index < -0.39 is 6.10 Å². The summed E-state index contributed by atoms with van der Waals surface area (Å²) in [5.41, 5.74) is 1.11. The van der Waals surface area contributed by atoms with Gasteiger partial charge in [-0.05, 0) is 6.07 Å². The van der Waals surface area contributed by atoms with Crippen LogP contribution in [0.2, 0.25) is 0 Å². The molecule has 2 heterocycles. The van der Waals surface area contributed by atoms with Gasteiger partial charge in [0.15, 0.2) is 0 Å². The van der Waals surface area contributed by atoms with Crippen molar-refractivity contribution in [2.24, 2.45) is 0 Å². The monoisotopic (exact) mass is 217 g/mol. The topological polar surface area (TPSA) is 68.1 Å². The summed E-state index contributed by atoms with van der Waals surface area (Å²) >= 11 is 0. The Hall–Kier alpha value is -2.01. The molecular formula is C11H11N3O2. The number of nitrogens with zero attached hydrogens (tertiary/aromatic N) is 3. The van der Waals surface area contributed by atoms with Crippen molar-refractivity contribution in [1.29, 1.82) is 0 Å². The van der Waals surface area contributed by atoms with Gasteiger partial charge in [-0.3, -0.25) is 0 Å². The fraction of sp³-hybridized carbons (Fsp3) is 0.182. The van der Waals surface area contributed by atoms with Crippen LogP contribution in [0.5, 0.6) is 5.88 Å². The van der Waals surface area contributed by atoms with Crippen molar-refractivity contribution in [3.05, 3.63) is 48.2 Å². The summed E-state index contributed by atoms with van der Waals surface area (Å²) in [6.07, 6.45) is 3.68. The summed E-state index contributed by atoms with van der Waals surface area (Å²) in [4.78, 5) is 11.8. The van der Waals surface area contributed by atoms with E-state index >= 15 is 0 Å². The lowest BCUT2D eigenvalue weighted by Crippen LogP contribution is -2.04. The maximum Gasteiger partial charge on any atom is 0.213 e. The molecule has 1 atom stereocenters. The average molecular weight is 217 g/mol. The smallest absolute Gasteiger partial charge is 0.213 e. The van der Waals surface area contributed by atoms with Crippen molar-refractivity contribution in [3.8, 4) is 5.88 Å². The molecule has 0 amide bonds. The van der Waals surface area contributed by atoms with Crippen molar-refractivity contribution in [1.82, 2.24) is 15.0 Å². The summed E-state index contributed by atoms with van der Waals surface area (Å²) in [5, 5.41) is 10.0. The normalized spacial score (nSPS) is 12.1. The third kappa shape index (κ3) is 2.14. The molecule has 0 aliphatic heterocycles. The van der Waals surface area contributed by atoms with E-state index in [9.17, 15) is 5.11 Å². The fourth-order valence-corrected chi connectivity index (χ4v) is 1.32. The highest BCUT2D eigenvalue weighted by molar-refractivity contribution is 5.24. The highest BCUT2D eigenvalue weighted by atomic mass is 16.5. The Bertz CT molecular complexity index is 462. The first-order valence-electron chi connectivity index (χ1n) is 4.75. The summed E-state index contributed by atoms with van der Waals surface area (Å²) in [6.45, 7) is 0. The summed E-state index contributed by atoms with van der Waals surface area (Å²) in [5.74, 6) is 0.466. The number of aromatic nitrogens is 3. The van der Waals surface area contributed by atoms with E-state index in [1.807, 2.05) is 0 Å². The minimum absolute atomic E-state index is 0.466.